The average molecular weight is 557 g/mol. The number of rotatable bonds is 6. The molecule has 0 aromatic heterocycles. The lowest BCUT2D eigenvalue weighted by Crippen LogP contribution is -2.30. The Morgan fingerprint density at radius 2 is 0.811 bits per heavy atom. The summed E-state index contributed by atoms with van der Waals surface area (Å²) >= 11 is 11.6. The van der Waals surface area contributed by atoms with Crippen LogP contribution in [0.25, 0.3) is 0 Å². The Hall–Kier alpha value is -1.82. The lowest BCUT2D eigenvalue weighted by molar-refractivity contribution is 0.886. The fourth-order valence-electron chi connectivity index (χ4n) is 6.49. The average Bonchev–Trinajstić information content (AvgIpc) is 3.63. The lowest BCUT2D eigenvalue weighted by atomic mass is 9.99. The maximum Gasteiger partial charge on any atom is 0.100 e. The number of benzene rings is 4. The van der Waals surface area contributed by atoms with Gasteiger partial charge in [-0.3, -0.25) is 0 Å². The molecule has 0 radical (unpaired) electrons. The number of thiol groups is 2. The highest BCUT2D eigenvalue weighted by molar-refractivity contribution is 8.29. The van der Waals surface area contributed by atoms with Crippen molar-refractivity contribution >= 4 is 61.2 Å². The van der Waals surface area contributed by atoms with E-state index < -0.39 is 17.3 Å². The topological polar surface area (TPSA) is 0 Å². The molecule has 0 saturated carbocycles. The van der Waals surface area contributed by atoms with Gasteiger partial charge in [0.1, 0.15) is 3.56 Å². The van der Waals surface area contributed by atoms with E-state index in [1.54, 1.807) is 0 Å². The molecule has 0 saturated heterocycles. The number of hydrogen-bond acceptors (Lipinski definition) is 2. The van der Waals surface area contributed by atoms with E-state index in [0.717, 1.165) is 25.2 Å². The van der Waals surface area contributed by atoms with E-state index in [1.807, 2.05) is 0 Å². The van der Waals surface area contributed by atoms with Crippen LogP contribution >= 0.6 is 39.0 Å². The van der Waals surface area contributed by atoms with Gasteiger partial charge in [-0.1, -0.05) is 147 Å². The zero-order valence-corrected chi connectivity index (χ0v) is 24.6. The van der Waals surface area contributed by atoms with Gasteiger partial charge in [0.05, 0.1) is 0 Å². The van der Waals surface area contributed by atoms with Crippen LogP contribution in [0.3, 0.4) is 0 Å². The molecule has 4 unspecified atom stereocenters. The Bertz CT molecular complexity index is 1350. The molecule has 188 valence electrons. The predicted octanol–water partition coefficient (Wildman–Crippen LogP) is 8.12. The van der Waals surface area contributed by atoms with Crippen LogP contribution in [0.2, 0.25) is 0 Å². The van der Waals surface area contributed by atoms with Crippen LogP contribution in [0.5, 0.6) is 0 Å². The minimum atomic E-state index is -1.90. The van der Waals surface area contributed by atoms with Crippen LogP contribution in [-0.2, 0) is 0 Å². The summed E-state index contributed by atoms with van der Waals surface area (Å²) in [5.74, 6) is 6.34. The van der Waals surface area contributed by atoms with Crippen LogP contribution in [0.1, 0.15) is 35.8 Å². The van der Waals surface area contributed by atoms with E-state index in [2.05, 4.69) is 133 Å². The third-order valence-corrected chi connectivity index (χ3v) is 23.1. The summed E-state index contributed by atoms with van der Waals surface area (Å²) in [4.78, 5) is 0. The van der Waals surface area contributed by atoms with E-state index in [4.69, 9.17) is 25.3 Å². The smallest absolute Gasteiger partial charge is 0.100 e. The first-order valence-corrected chi connectivity index (χ1v) is 18.2. The standard InChI is InChI=1S/C33H34P2S2/c36-33(37,34(31-17-9-3-10-18-31)23-21-29(25-34)27-13-5-1-6-14-27)35(32-19-11-4-12-20-32)24-22-30(26-35)28-15-7-2-8-16-28/h1-20,25-26,29-30,36-37H,21-24H2. The predicted molar refractivity (Wildman–Crippen MR) is 176 cm³/mol. The summed E-state index contributed by atoms with van der Waals surface area (Å²) < 4.78 is -0.421. The van der Waals surface area contributed by atoms with E-state index in [1.165, 1.54) is 21.7 Å². The quantitative estimate of drug-likeness (QED) is 0.134. The molecule has 2 aliphatic rings. The van der Waals surface area contributed by atoms with Crippen molar-refractivity contribution < 1.29 is 0 Å². The van der Waals surface area contributed by atoms with E-state index in [0.29, 0.717) is 11.8 Å². The van der Waals surface area contributed by atoms with Gasteiger partial charge in [-0.05, 0) is 46.9 Å². The Balaban J connectivity index is 1.59. The molecule has 0 N–H and O–H groups in total. The highest BCUT2D eigenvalue weighted by Gasteiger charge is 2.53. The molecule has 4 aromatic carbocycles. The molecule has 2 heterocycles. The van der Waals surface area contributed by atoms with Gasteiger partial charge >= 0.3 is 0 Å². The van der Waals surface area contributed by atoms with E-state index in [9.17, 15) is 0 Å². The molecule has 4 atom stereocenters. The van der Waals surface area contributed by atoms with Gasteiger partial charge in [-0.25, -0.2) is 0 Å². The van der Waals surface area contributed by atoms with Crippen molar-refractivity contribution in [2.75, 3.05) is 12.3 Å². The van der Waals surface area contributed by atoms with E-state index >= 15 is 0 Å². The first-order valence-electron chi connectivity index (χ1n) is 13.2. The van der Waals surface area contributed by atoms with Crippen LogP contribution in [0.15, 0.2) is 121 Å². The van der Waals surface area contributed by atoms with Crippen molar-refractivity contribution in [3.05, 3.63) is 132 Å². The normalized spacial score (nSPS) is 27.4. The monoisotopic (exact) mass is 556 g/mol. The largest absolute Gasteiger partial charge is 0.152 e. The summed E-state index contributed by atoms with van der Waals surface area (Å²) in [5, 5.41) is 2.90. The second kappa shape index (κ2) is 10.4. The first-order chi connectivity index (χ1) is 18.1. The SMILES string of the molecule is SC(S)(P1(c2ccccc2)=CC(c2ccccc2)CC1)P1(c2ccccc2)=CC(c2ccccc2)CC1. The molecule has 0 fully saturated rings. The first kappa shape index (κ1) is 25.5. The van der Waals surface area contributed by atoms with Gasteiger partial charge in [0.2, 0.25) is 0 Å². The van der Waals surface area contributed by atoms with Crippen molar-refractivity contribution in [2.45, 2.75) is 28.2 Å². The maximum absolute atomic E-state index is 5.78. The molecular formula is C33H34P2S2. The molecule has 4 aromatic rings. The zero-order chi connectivity index (χ0) is 25.3. The highest BCUT2D eigenvalue weighted by Crippen LogP contribution is 2.82. The van der Waals surface area contributed by atoms with Crippen LogP contribution in [0, 0.1) is 0 Å². The minimum Gasteiger partial charge on any atom is -0.152 e. The second-order valence-corrected chi connectivity index (χ2v) is 21.2. The van der Waals surface area contributed by atoms with E-state index in [-0.39, 0.29) is 0 Å². The van der Waals surface area contributed by atoms with Crippen LogP contribution < -0.4 is 10.6 Å². The van der Waals surface area contributed by atoms with Crippen LogP contribution in [0.4, 0.5) is 0 Å². The maximum atomic E-state index is 5.78. The van der Waals surface area contributed by atoms with Gasteiger partial charge in [-0.2, -0.15) is 25.3 Å². The van der Waals surface area contributed by atoms with Gasteiger partial charge in [0, 0.05) is 11.8 Å². The molecular weight excluding hydrogens is 522 g/mol. The summed E-state index contributed by atoms with van der Waals surface area (Å²) in [7, 11) is 0. The van der Waals surface area contributed by atoms with Crippen molar-refractivity contribution in [1.29, 1.82) is 0 Å². The molecule has 37 heavy (non-hydrogen) atoms. The summed E-state index contributed by atoms with van der Waals surface area (Å²) in [6.07, 6.45) is 4.63. The summed E-state index contributed by atoms with van der Waals surface area (Å²) in [6, 6.07) is 44.6. The van der Waals surface area contributed by atoms with Crippen molar-refractivity contribution in [1.82, 2.24) is 0 Å². The van der Waals surface area contributed by atoms with Gasteiger partial charge < -0.3 is 0 Å². The van der Waals surface area contributed by atoms with Crippen molar-refractivity contribution in [3.63, 3.8) is 0 Å². The number of hydrogen-bond donors (Lipinski definition) is 2. The molecule has 0 spiro atoms. The summed E-state index contributed by atoms with van der Waals surface area (Å²) in [6.45, 7) is -3.80. The molecule has 0 amide bonds. The molecule has 6 rings (SSSR count). The zero-order valence-electron chi connectivity index (χ0n) is 21.0. The molecule has 0 bridgehead atoms. The van der Waals surface area contributed by atoms with Gasteiger partial charge in [0.15, 0.2) is 0 Å². The Morgan fingerprint density at radius 1 is 0.486 bits per heavy atom. The minimum absolute atomic E-state index is 0.421. The van der Waals surface area contributed by atoms with Crippen molar-refractivity contribution in [2.24, 2.45) is 0 Å². The molecule has 2 aliphatic heterocycles. The molecule has 4 heteroatoms. The Labute approximate surface area is 233 Å². The van der Waals surface area contributed by atoms with Gasteiger partial charge in [-0.15, -0.1) is 0 Å². The van der Waals surface area contributed by atoms with Crippen molar-refractivity contribution in [3.8, 4) is 0 Å². The Morgan fingerprint density at radius 3 is 1.16 bits per heavy atom. The second-order valence-electron chi connectivity index (χ2n) is 10.4. The fraction of sp³-hybridized carbons (Fsp3) is 0.212. The third kappa shape index (κ3) is 4.35. The van der Waals surface area contributed by atoms with Crippen LogP contribution in [-0.4, -0.2) is 27.5 Å². The highest BCUT2D eigenvalue weighted by atomic mass is 32.2. The molecule has 0 aliphatic carbocycles. The molecule has 0 nitrogen and oxygen atoms in total. The third-order valence-electron chi connectivity index (χ3n) is 8.41. The fourth-order valence-corrected chi connectivity index (χ4v) is 21.6. The lowest BCUT2D eigenvalue weighted by Gasteiger charge is -2.47. The summed E-state index contributed by atoms with van der Waals surface area (Å²) in [5.41, 5.74) is 2.84. The van der Waals surface area contributed by atoms with Gasteiger partial charge in [0.25, 0.3) is 0 Å². The Kier molecular flexibility index (Phi) is 7.15.